The lowest BCUT2D eigenvalue weighted by Gasteiger charge is -2.33. The summed E-state index contributed by atoms with van der Waals surface area (Å²) in [6.45, 7) is 2.37. The Morgan fingerprint density at radius 3 is 2.57 bits per heavy atom. The van der Waals surface area contributed by atoms with Crippen molar-refractivity contribution < 1.29 is 26.0 Å². The third-order valence-corrected chi connectivity index (χ3v) is 5.35. The number of nitrogens with one attached hydrogen (secondary N) is 1. The highest BCUT2D eigenvalue weighted by Gasteiger charge is 2.40. The minimum absolute atomic E-state index is 0.0676. The predicted octanol–water partition coefficient (Wildman–Crippen LogP) is 1.83. The molecule has 0 bridgehead atoms. The zero-order valence-corrected chi connectivity index (χ0v) is 11.9. The highest BCUT2D eigenvalue weighted by Crippen LogP contribution is 2.36. The van der Waals surface area contributed by atoms with E-state index in [0.717, 1.165) is 10.4 Å². The third kappa shape index (κ3) is 3.19. The van der Waals surface area contributed by atoms with E-state index in [4.69, 9.17) is 0 Å². The van der Waals surface area contributed by atoms with Crippen molar-refractivity contribution in [3.05, 3.63) is 29.6 Å². The van der Waals surface area contributed by atoms with Crippen molar-refractivity contribution >= 4 is 10.0 Å². The molecule has 1 heterocycles. The van der Waals surface area contributed by atoms with Crippen LogP contribution in [-0.2, 0) is 16.2 Å². The highest BCUT2D eigenvalue weighted by atomic mass is 32.2. The van der Waals surface area contributed by atoms with Gasteiger partial charge in [-0.05, 0) is 25.1 Å². The van der Waals surface area contributed by atoms with Crippen LogP contribution in [0.3, 0.4) is 0 Å². The monoisotopic (exact) mass is 326 g/mol. The number of hydrogen-bond donors (Lipinski definition) is 1. The van der Waals surface area contributed by atoms with Gasteiger partial charge in [-0.3, -0.25) is 0 Å². The minimum Gasteiger partial charge on any atom is -0.314 e. The smallest absolute Gasteiger partial charge is 0.314 e. The first-order valence-corrected chi connectivity index (χ1v) is 7.67. The Balaban J connectivity index is 2.54. The van der Waals surface area contributed by atoms with E-state index < -0.39 is 38.5 Å². The Hall–Kier alpha value is -1.19. The van der Waals surface area contributed by atoms with Crippen molar-refractivity contribution in [1.82, 2.24) is 9.62 Å². The van der Waals surface area contributed by atoms with Crippen LogP contribution in [0.4, 0.5) is 17.6 Å². The molecule has 1 fully saturated rings. The number of benzene rings is 1. The Labute approximate surface area is 119 Å². The molecule has 0 amide bonds. The first-order valence-electron chi connectivity index (χ1n) is 6.23. The molecule has 4 nitrogen and oxygen atoms in total. The summed E-state index contributed by atoms with van der Waals surface area (Å²) in [4.78, 5) is -0.912. The summed E-state index contributed by atoms with van der Waals surface area (Å²) in [5, 5.41) is 2.95. The molecule has 1 saturated heterocycles. The van der Waals surface area contributed by atoms with Crippen LogP contribution >= 0.6 is 0 Å². The van der Waals surface area contributed by atoms with E-state index in [2.05, 4.69) is 5.32 Å². The summed E-state index contributed by atoms with van der Waals surface area (Å²) in [5.41, 5.74) is -1.48. The van der Waals surface area contributed by atoms with Crippen molar-refractivity contribution in [2.45, 2.75) is 24.0 Å². The van der Waals surface area contributed by atoms with Crippen LogP contribution in [0.15, 0.2) is 23.1 Å². The molecular weight excluding hydrogens is 312 g/mol. The highest BCUT2D eigenvalue weighted by molar-refractivity contribution is 7.89. The molecule has 0 radical (unpaired) electrons. The quantitative estimate of drug-likeness (QED) is 0.844. The van der Waals surface area contributed by atoms with Crippen molar-refractivity contribution in [3.8, 4) is 0 Å². The lowest BCUT2D eigenvalue weighted by atomic mass is 10.2. The summed E-state index contributed by atoms with van der Waals surface area (Å²) >= 11 is 0. The molecule has 1 aliphatic rings. The van der Waals surface area contributed by atoms with E-state index in [0.29, 0.717) is 19.2 Å². The first-order chi connectivity index (χ1) is 9.64. The molecule has 118 valence electrons. The second kappa shape index (κ2) is 5.54. The number of piperazine rings is 1. The fourth-order valence-electron chi connectivity index (χ4n) is 2.25. The zero-order chi connectivity index (χ0) is 15.8. The van der Waals surface area contributed by atoms with Gasteiger partial charge in [0.1, 0.15) is 5.82 Å². The lowest BCUT2D eigenvalue weighted by Crippen LogP contribution is -2.52. The van der Waals surface area contributed by atoms with Crippen LogP contribution < -0.4 is 5.32 Å². The zero-order valence-electron chi connectivity index (χ0n) is 11.1. The number of nitrogens with zero attached hydrogens (tertiary/aromatic N) is 1. The molecule has 1 aromatic rings. The Kier molecular flexibility index (Phi) is 4.27. The number of alkyl halides is 3. The normalized spacial score (nSPS) is 21.5. The van der Waals surface area contributed by atoms with E-state index in [1.54, 1.807) is 6.92 Å². The Morgan fingerprint density at radius 2 is 2.00 bits per heavy atom. The van der Waals surface area contributed by atoms with Crippen molar-refractivity contribution in [1.29, 1.82) is 0 Å². The number of sulfonamides is 1. The Morgan fingerprint density at radius 1 is 1.33 bits per heavy atom. The van der Waals surface area contributed by atoms with Gasteiger partial charge in [0.05, 0.1) is 10.5 Å². The van der Waals surface area contributed by atoms with Gasteiger partial charge in [-0.2, -0.15) is 17.5 Å². The van der Waals surface area contributed by atoms with Gasteiger partial charge in [0.25, 0.3) is 0 Å². The van der Waals surface area contributed by atoms with Gasteiger partial charge in [0, 0.05) is 25.7 Å². The average molecular weight is 326 g/mol. The van der Waals surface area contributed by atoms with Crippen LogP contribution in [0.1, 0.15) is 12.5 Å². The molecule has 1 aromatic carbocycles. The molecule has 0 spiro atoms. The topological polar surface area (TPSA) is 49.4 Å². The summed E-state index contributed by atoms with van der Waals surface area (Å²) < 4.78 is 77.9. The fourth-order valence-corrected chi connectivity index (χ4v) is 4.08. The van der Waals surface area contributed by atoms with E-state index in [1.165, 1.54) is 0 Å². The number of hydrogen-bond acceptors (Lipinski definition) is 3. The molecule has 0 saturated carbocycles. The van der Waals surface area contributed by atoms with Gasteiger partial charge >= 0.3 is 6.18 Å². The Bertz CT molecular complexity index is 631. The summed E-state index contributed by atoms with van der Waals surface area (Å²) in [5.74, 6) is -1.13. The van der Waals surface area contributed by atoms with Crippen LogP contribution in [0.2, 0.25) is 0 Å². The molecule has 1 N–H and O–H groups in total. The standard InChI is InChI=1S/C12H14F4N2O2S/c1-8-7-17-4-5-18(8)21(19,20)11-3-2-9(13)6-10(11)12(14,15)16/h2-3,6,8,17H,4-5,7H2,1H3/t8-/m0/s1. The molecule has 0 aromatic heterocycles. The molecular formula is C12H14F4N2O2S. The van der Waals surface area contributed by atoms with Crippen molar-refractivity contribution in [2.24, 2.45) is 0 Å². The van der Waals surface area contributed by atoms with Gasteiger partial charge in [0.2, 0.25) is 10.0 Å². The van der Waals surface area contributed by atoms with Gasteiger partial charge < -0.3 is 5.32 Å². The molecule has 21 heavy (non-hydrogen) atoms. The van der Waals surface area contributed by atoms with Gasteiger partial charge in [0.15, 0.2) is 0 Å². The number of halogens is 4. The van der Waals surface area contributed by atoms with Crippen LogP contribution in [0, 0.1) is 5.82 Å². The molecule has 0 unspecified atom stereocenters. The van der Waals surface area contributed by atoms with E-state index in [-0.39, 0.29) is 12.6 Å². The lowest BCUT2D eigenvalue weighted by molar-refractivity contribution is -0.140. The van der Waals surface area contributed by atoms with E-state index in [9.17, 15) is 26.0 Å². The molecule has 1 aliphatic heterocycles. The van der Waals surface area contributed by atoms with Crippen molar-refractivity contribution in [3.63, 3.8) is 0 Å². The second-order valence-electron chi connectivity index (χ2n) is 4.81. The second-order valence-corrected chi connectivity index (χ2v) is 6.67. The summed E-state index contributed by atoms with van der Waals surface area (Å²) in [7, 11) is -4.34. The van der Waals surface area contributed by atoms with Crippen LogP contribution in [0.25, 0.3) is 0 Å². The van der Waals surface area contributed by atoms with E-state index in [1.807, 2.05) is 0 Å². The van der Waals surface area contributed by atoms with Crippen LogP contribution in [-0.4, -0.2) is 38.4 Å². The SMILES string of the molecule is C[C@H]1CNCCN1S(=O)(=O)c1ccc(F)cc1C(F)(F)F. The van der Waals surface area contributed by atoms with E-state index >= 15 is 0 Å². The van der Waals surface area contributed by atoms with Gasteiger partial charge in [-0.15, -0.1) is 0 Å². The van der Waals surface area contributed by atoms with Gasteiger partial charge in [-0.1, -0.05) is 0 Å². The van der Waals surface area contributed by atoms with Gasteiger partial charge in [-0.25, -0.2) is 12.8 Å². The maximum absolute atomic E-state index is 13.1. The molecule has 9 heteroatoms. The largest absolute Gasteiger partial charge is 0.417 e. The van der Waals surface area contributed by atoms with Crippen LogP contribution in [0.5, 0.6) is 0 Å². The fraction of sp³-hybridized carbons (Fsp3) is 0.500. The van der Waals surface area contributed by atoms with Crippen molar-refractivity contribution in [2.75, 3.05) is 19.6 Å². The average Bonchev–Trinajstić information content (AvgIpc) is 2.37. The maximum atomic E-state index is 13.1. The summed E-state index contributed by atoms with van der Waals surface area (Å²) in [6.07, 6.45) is -4.94. The minimum atomic E-state index is -4.94. The maximum Gasteiger partial charge on any atom is 0.417 e. The molecule has 2 rings (SSSR count). The number of rotatable bonds is 2. The summed E-state index contributed by atoms with van der Waals surface area (Å²) in [6, 6.07) is 1.12. The predicted molar refractivity (Wildman–Crippen MR) is 67.6 cm³/mol. The molecule has 0 aliphatic carbocycles. The third-order valence-electron chi connectivity index (χ3n) is 3.27. The first kappa shape index (κ1) is 16.2. The molecule has 1 atom stereocenters.